The van der Waals surface area contributed by atoms with Crippen LogP contribution in [-0.4, -0.2) is 30.7 Å². The van der Waals surface area contributed by atoms with Gasteiger partial charge in [0.25, 0.3) is 0 Å². The third kappa shape index (κ3) is 4.10. The number of rotatable bonds is 5. The van der Waals surface area contributed by atoms with Gasteiger partial charge in [0, 0.05) is 5.33 Å². The molecule has 0 saturated heterocycles. The highest BCUT2D eigenvalue weighted by Crippen LogP contribution is 1.94. The minimum absolute atomic E-state index is 0.290. The number of likely N-dealkylation sites (N-methyl/N-ethyl adjacent to an activating group) is 1. The first-order chi connectivity index (χ1) is 5.26. The van der Waals surface area contributed by atoms with Crippen LogP contribution in [0.15, 0.2) is 0 Å². The monoisotopic (exact) mass is 222 g/mol. The van der Waals surface area contributed by atoms with Crippen molar-refractivity contribution in [1.82, 2.24) is 10.6 Å². The normalized spacial score (nSPS) is 12.2. The van der Waals surface area contributed by atoms with Gasteiger partial charge in [-0.15, -0.1) is 0 Å². The Morgan fingerprint density at radius 2 is 2.36 bits per heavy atom. The van der Waals surface area contributed by atoms with Crippen LogP contribution < -0.4 is 10.6 Å². The van der Waals surface area contributed by atoms with E-state index in [1.807, 2.05) is 0 Å². The summed E-state index contributed by atoms with van der Waals surface area (Å²) >= 11 is 3.20. The van der Waals surface area contributed by atoms with Crippen LogP contribution >= 0.6 is 15.9 Å². The first kappa shape index (κ1) is 10.6. The Labute approximate surface area is 73.9 Å². The highest BCUT2D eigenvalue weighted by atomic mass is 79.9. The SMILES string of the molecule is CNC(CCBr)C(=O)NC=O. The molecule has 0 saturated carbocycles. The Hall–Kier alpha value is -0.420. The predicted octanol–water partition coefficient (Wildman–Crippen LogP) is -0.368. The zero-order valence-corrected chi connectivity index (χ0v) is 7.85. The van der Waals surface area contributed by atoms with Gasteiger partial charge in [0.1, 0.15) is 0 Å². The second-order valence-corrected chi connectivity index (χ2v) is 2.74. The van der Waals surface area contributed by atoms with Crippen LogP contribution in [0.3, 0.4) is 0 Å². The Morgan fingerprint density at radius 3 is 2.73 bits per heavy atom. The second-order valence-electron chi connectivity index (χ2n) is 1.95. The van der Waals surface area contributed by atoms with E-state index in [0.717, 1.165) is 5.33 Å². The van der Waals surface area contributed by atoms with Crippen LogP contribution in [-0.2, 0) is 9.59 Å². The molecule has 0 bridgehead atoms. The van der Waals surface area contributed by atoms with Crippen molar-refractivity contribution in [1.29, 1.82) is 0 Å². The van der Waals surface area contributed by atoms with Crippen LogP contribution in [0.2, 0.25) is 0 Å². The lowest BCUT2D eigenvalue weighted by atomic mass is 10.2. The van der Waals surface area contributed by atoms with E-state index in [0.29, 0.717) is 12.8 Å². The molecule has 0 aliphatic heterocycles. The molecule has 0 radical (unpaired) electrons. The lowest BCUT2D eigenvalue weighted by Gasteiger charge is -2.11. The number of alkyl halides is 1. The molecule has 64 valence electrons. The van der Waals surface area contributed by atoms with E-state index in [9.17, 15) is 9.59 Å². The Balaban J connectivity index is 3.80. The highest BCUT2D eigenvalue weighted by Gasteiger charge is 2.13. The summed E-state index contributed by atoms with van der Waals surface area (Å²) in [6.45, 7) is 0. The van der Waals surface area contributed by atoms with Crippen molar-refractivity contribution in [3.05, 3.63) is 0 Å². The molecular weight excluding hydrogens is 212 g/mol. The average Bonchev–Trinajstić information content (AvgIpc) is 2.00. The third-order valence-corrected chi connectivity index (χ3v) is 1.72. The van der Waals surface area contributed by atoms with E-state index in [4.69, 9.17) is 0 Å². The molecule has 1 unspecified atom stereocenters. The molecule has 5 heteroatoms. The molecule has 4 nitrogen and oxygen atoms in total. The molecular formula is C6H11BrN2O2. The summed E-state index contributed by atoms with van der Waals surface area (Å²) in [7, 11) is 1.68. The van der Waals surface area contributed by atoms with Crippen LogP contribution in [0.4, 0.5) is 0 Å². The van der Waals surface area contributed by atoms with Gasteiger partial charge in [-0.25, -0.2) is 0 Å². The van der Waals surface area contributed by atoms with Gasteiger partial charge in [0.2, 0.25) is 12.3 Å². The molecule has 0 aliphatic carbocycles. The lowest BCUT2D eigenvalue weighted by molar-refractivity contribution is -0.126. The summed E-state index contributed by atoms with van der Waals surface area (Å²) in [5, 5.41) is 5.59. The Kier molecular flexibility index (Phi) is 6.06. The van der Waals surface area contributed by atoms with E-state index in [-0.39, 0.29) is 11.9 Å². The quantitative estimate of drug-likeness (QED) is 0.494. The smallest absolute Gasteiger partial charge is 0.243 e. The van der Waals surface area contributed by atoms with E-state index in [1.165, 1.54) is 0 Å². The highest BCUT2D eigenvalue weighted by molar-refractivity contribution is 9.09. The minimum Gasteiger partial charge on any atom is -0.309 e. The molecule has 0 aliphatic rings. The Morgan fingerprint density at radius 1 is 1.73 bits per heavy atom. The lowest BCUT2D eigenvalue weighted by Crippen LogP contribution is -2.42. The van der Waals surface area contributed by atoms with Gasteiger partial charge in [-0.2, -0.15) is 0 Å². The summed E-state index contributed by atoms with van der Waals surface area (Å²) < 4.78 is 0. The molecule has 2 amide bonds. The van der Waals surface area contributed by atoms with Crippen molar-refractivity contribution < 1.29 is 9.59 Å². The largest absolute Gasteiger partial charge is 0.309 e. The second kappa shape index (κ2) is 6.30. The third-order valence-electron chi connectivity index (χ3n) is 1.26. The summed E-state index contributed by atoms with van der Waals surface area (Å²) in [5.74, 6) is -0.290. The number of nitrogens with one attached hydrogen (secondary N) is 2. The summed E-state index contributed by atoms with van der Waals surface area (Å²) in [5.41, 5.74) is 0. The maximum Gasteiger partial charge on any atom is 0.243 e. The molecule has 0 heterocycles. The summed E-state index contributed by atoms with van der Waals surface area (Å²) in [4.78, 5) is 20.8. The molecule has 0 aromatic heterocycles. The van der Waals surface area contributed by atoms with Crippen LogP contribution in [0.1, 0.15) is 6.42 Å². The zero-order chi connectivity index (χ0) is 8.69. The van der Waals surface area contributed by atoms with Crippen molar-refractivity contribution in [3.63, 3.8) is 0 Å². The fourth-order valence-electron chi connectivity index (χ4n) is 0.674. The standard InChI is InChI=1S/C6H11BrN2O2/c1-8-5(2-3-7)6(11)9-4-10/h4-5,8H,2-3H2,1H3,(H,9,10,11). The van der Waals surface area contributed by atoms with Gasteiger partial charge in [0.15, 0.2) is 0 Å². The van der Waals surface area contributed by atoms with Crippen molar-refractivity contribution in [2.24, 2.45) is 0 Å². The molecule has 2 N–H and O–H groups in total. The van der Waals surface area contributed by atoms with Crippen LogP contribution in [0.25, 0.3) is 0 Å². The molecule has 0 fully saturated rings. The number of carbonyl (C=O) groups is 2. The average molecular weight is 223 g/mol. The maximum atomic E-state index is 10.9. The molecule has 0 aromatic carbocycles. The van der Waals surface area contributed by atoms with E-state index in [2.05, 4.69) is 26.6 Å². The summed E-state index contributed by atoms with van der Waals surface area (Å²) in [6, 6.07) is -0.292. The van der Waals surface area contributed by atoms with Crippen LogP contribution in [0.5, 0.6) is 0 Å². The van der Waals surface area contributed by atoms with E-state index in [1.54, 1.807) is 7.05 Å². The zero-order valence-electron chi connectivity index (χ0n) is 6.26. The van der Waals surface area contributed by atoms with Crippen molar-refractivity contribution in [3.8, 4) is 0 Å². The van der Waals surface area contributed by atoms with Crippen molar-refractivity contribution in [2.75, 3.05) is 12.4 Å². The van der Waals surface area contributed by atoms with Gasteiger partial charge >= 0.3 is 0 Å². The molecule has 0 rings (SSSR count). The van der Waals surface area contributed by atoms with Gasteiger partial charge < -0.3 is 5.32 Å². The minimum atomic E-state index is -0.292. The number of hydrogen-bond acceptors (Lipinski definition) is 3. The summed E-state index contributed by atoms with van der Waals surface area (Å²) in [6.07, 6.45) is 1.05. The number of amides is 2. The van der Waals surface area contributed by atoms with Crippen molar-refractivity contribution >= 4 is 28.2 Å². The fourth-order valence-corrected chi connectivity index (χ4v) is 1.13. The topological polar surface area (TPSA) is 58.2 Å². The van der Waals surface area contributed by atoms with E-state index >= 15 is 0 Å². The first-order valence-electron chi connectivity index (χ1n) is 3.23. The maximum absolute atomic E-state index is 10.9. The first-order valence-corrected chi connectivity index (χ1v) is 4.35. The number of halogens is 1. The molecule has 1 atom stereocenters. The van der Waals surface area contributed by atoms with Gasteiger partial charge in [0.05, 0.1) is 6.04 Å². The number of carbonyl (C=O) groups excluding carboxylic acids is 2. The predicted molar refractivity (Wildman–Crippen MR) is 45.5 cm³/mol. The molecule has 0 aromatic rings. The van der Waals surface area contributed by atoms with E-state index < -0.39 is 0 Å². The van der Waals surface area contributed by atoms with Crippen LogP contribution in [0, 0.1) is 0 Å². The van der Waals surface area contributed by atoms with Gasteiger partial charge in [-0.05, 0) is 13.5 Å². The number of hydrogen-bond donors (Lipinski definition) is 2. The number of imide groups is 1. The van der Waals surface area contributed by atoms with Gasteiger partial charge in [-0.3, -0.25) is 14.9 Å². The fraction of sp³-hybridized carbons (Fsp3) is 0.667. The Bertz CT molecular complexity index is 141. The molecule has 11 heavy (non-hydrogen) atoms. The molecule has 0 spiro atoms. The van der Waals surface area contributed by atoms with Crippen molar-refractivity contribution in [2.45, 2.75) is 12.5 Å². The van der Waals surface area contributed by atoms with Gasteiger partial charge in [-0.1, -0.05) is 15.9 Å².